The van der Waals surface area contributed by atoms with Crippen molar-refractivity contribution in [2.45, 2.75) is 6.92 Å². The molecule has 7 heteroatoms. The molecule has 3 aromatic carbocycles. The first-order valence-electron chi connectivity index (χ1n) is 8.49. The highest BCUT2D eigenvalue weighted by molar-refractivity contribution is 5.87. The van der Waals surface area contributed by atoms with E-state index >= 15 is 0 Å². The average Bonchev–Trinajstić information content (AvgIpc) is 3.09. The van der Waals surface area contributed by atoms with Gasteiger partial charge in [-0.2, -0.15) is 0 Å². The van der Waals surface area contributed by atoms with E-state index in [2.05, 4.69) is 9.98 Å². The topological polar surface area (TPSA) is 102 Å². The monoisotopic (exact) mass is 373 g/mol. The van der Waals surface area contributed by atoms with Gasteiger partial charge in [0, 0.05) is 18.3 Å². The van der Waals surface area contributed by atoms with E-state index < -0.39 is 4.92 Å². The molecule has 0 aliphatic carbocycles. The minimum atomic E-state index is -0.461. The fourth-order valence-corrected chi connectivity index (χ4v) is 2.84. The SMILES string of the molecule is Cc1ccc2nc(-c3ccc(N=Cc4ccccc4[N+](=O)[O-])cc3O)oc2c1. The molecule has 1 heterocycles. The molecular formula is C21H15N3O4. The molecule has 0 saturated carbocycles. The number of aryl methyl sites for hydroxylation is 1. The van der Waals surface area contributed by atoms with Gasteiger partial charge < -0.3 is 9.52 Å². The molecule has 1 N–H and O–H groups in total. The number of nitro benzene ring substituents is 1. The second kappa shape index (κ2) is 6.96. The molecule has 0 unspecified atom stereocenters. The lowest BCUT2D eigenvalue weighted by molar-refractivity contribution is -0.385. The van der Waals surface area contributed by atoms with Gasteiger partial charge in [0.1, 0.15) is 11.3 Å². The van der Waals surface area contributed by atoms with E-state index in [-0.39, 0.29) is 11.4 Å². The molecule has 0 aliphatic rings. The summed E-state index contributed by atoms with van der Waals surface area (Å²) < 4.78 is 5.74. The second-order valence-electron chi connectivity index (χ2n) is 6.27. The summed E-state index contributed by atoms with van der Waals surface area (Å²) in [6.45, 7) is 1.96. The number of hydrogen-bond donors (Lipinski definition) is 1. The molecular weight excluding hydrogens is 358 g/mol. The van der Waals surface area contributed by atoms with Gasteiger partial charge in [-0.25, -0.2) is 4.98 Å². The number of phenolic OH excluding ortho intramolecular Hbond substituents is 1. The van der Waals surface area contributed by atoms with E-state index in [1.54, 1.807) is 30.3 Å². The maximum atomic E-state index is 11.1. The van der Waals surface area contributed by atoms with Crippen LogP contribution in [0.4, 0.5) is 11.4 Å². The van der Waals surface area contributed by atoms with Crippen LogP contribution in [0.25, 0.3) is 22.6 Å². The van der Waals surface area contributed by atoms with Gasteiger partial charge in [-0.1, -0.05) is 18.2 Å². The predicted molar refractivity (Wildman–Crippen MR) is 106 cm³/mol. The van der Waals surface area contributed by atoms with Crippen LogP contribution in [0.15, 0.2) is 70.1 Å². The number of aromatic nitrogens is 1. The van der Waals surface area contributed by atoms with Gasteiger partial charge in [0.2, 0.25) is 5.89 Å². The van der Waals surface area contributed by atoms with Crippen molar-refractivity contribution in [3.63, 3.8) is 0 Å². The largest absolute Gasteiger partial charge is 0.507 e. The van der Waals surface area contributed by atoms with Gasteiger partial charge in [0.25, 0.3) is 5.69 Å². The molecule has 1 aromatic heterocycles. The summed E-state index contributed by atoms with van der Waals surface area (Å²) in [7, 11) is 0. The van der Waals surface area contributed by atoms with Crippen molar-refractivity contribution in [1.29, 1.82) is 0 Å². The van der Waals surface area contributed by atoms with Crippen LogP contribution in [0.1, 0.15) is 11.1 Å². The number of benzene rings is 3. The molecule has 4 aromatic rings. The Labute approximate surface area is 159 Å². The smallest absolute Gasteiger partial charge is 0.278 e. The quantitative estimate of drug-likeness (QED) is 0.302. The standard InChI is InChI=1S/C21H15N3O4/c1-13-6-9-17-20(10-13)28-21(23-17)16-8-7-15(11-19(16)25)22-12-14-4-2-3-5-18(14)24(26)27/h2-12,25H,1H3. The number of nitro groups is 1. The third-order valence-corrected chi connectivity index (χ3v) is 4.24. The van der Waals surface area contributed by atoms with Crippen molar-refractivity contribution in [2.75, 3.05) is 0 Å². The number of fused-ring (bicyclic) bond motifs is 1. The average molecular weight is 373 g/mol. The first kappa shape index (κ1) is 17.4. The summed E-state index contributed by atoms with van der Waals surface area (Å²) in [5.74, 6) is 0.271. The first-order valence-corrected chi connectivity index (χ1v) is 8.49. The summed E-state index contributed by atoms with van der Waals surface area (Å²) in [5, 5.41) is 21.5. The Morgan fingerprint density at radius 2 is 1.96 bits per heavy atom. The minimum Gasteiger partial charge on any atom is -0.507 e. The third kappa shape index (κ3) is 3.33. The van der Waals surface area contributed by atoms with Crippen LogP contribution in [-0.2, 0) is 0 Å². The van der Waals surface area contributed by atoms with Crippen LogP contribution in [0, 0.1) is 17.0 Å². The second-order valence-corrected chi connectivity index (χ2v) is 6.27. The van der Waals surface area contributed by atoms with Gasteiger partial charge >= 0.3 is 0 Å². The molecule has 0 bridgehead atoms. The Bertz CT molecular complexity index is 1230. The molecule has 0 saturated heterocycles. The zero-order valence-electron chi connectivity index (χ0n) is 14.9. The highest BCUT2D eigenvalue weighted by Crippen LogP contribution is 2.34. The van der Waals surface area contributed by atoms with E-state index in [1.165, 1.54) is 18.3 Å². The van der Waals surface area contributed by atoms with Gasteiger partial charge in [-0.05, 0) is 42.8 Å². The number of hydrogen-bond acceptors (Lipinski definition) is 6. The van der Waals surface area contributed by atoms with Crippen LogP contribution < -0.4 is 0 Å². The number of aromatic hydroxyl groups is 1. The van der Waals surface area contributed by atoms with Gasteiger partial charge in [0.15, 0.2) is 5.58 Å². The van der Waals surface area contributed by atoms with Crippen LogP contribution >= 0.6 is 0 Å². The van der Waals surface area contributed by atoms with E-state index in [9.17, 15) is 15.2 Å². The summed E-state index contributed by atoms with van der Waals surface area (Å²) in [6, 6.07) is 16.8. The lowest BCUT2D eigenvalue weighted by atomic mass is 10.1. The predicted octanol–water partition coefficient (Wildman–Crippen LogP) is 5.17. The number of rotatable bonds is 4. The fourth-order valence-electron chi connectivity index (χ4n) is 2.84. The highest BCUT2D eigenvalue weighted by atomic mass is 16.6. The molecule has 7 nitrogen and oxygen atoms in total. The fraction of sp³-hybridized carbons (Fsp3) is 0.0476. The molecule has 28 heavy (non-hydrogen) atoms. The molecule has 0 fully saturated rings. The van der Waals surface area contributed by atoms with Crippen molar-refractivity contribution in [2.24, 2.45) is 4.99 Å². The van der Waals surface area contributed by atoms with Gasteiger partial charge in [0.05, 0.1) is 21.7 Å². The lowest BCUT2D eigenvalue weighted by Crippen LogP contribution is -1.93. The number of aliphatic imine (C=N–C) groups is 1. The van der Waals surface area contributed by atoms with Crippen molar-refractivity contribution in [1.82, 2.24) is 4.98 Å². The first-order chi connectivity index (χ1) is 13.5. The van der Waals surface area contributed by atoms with E-state index in [0.29, 0.717) is 33.8 Å². The van der Waals surface area contributed by atoms with E-state index in [0.717, 1.165) is 5.56 Å². The molecule has 0 atom stereocenters. The van der Waals surface area contributed by atoms with Gasteiger partial charge in [-0.3, -0.25) is 15.1 Å². The maximum absolute atomic E-state index is 11.1. The number of oxazole rings is 1. The molecule has 138 valence electrons. The maximum Gasteiger partial charge on any atom is 0.278 e. The minimum absolute atomic E-state index is 0.0335. The lowest BCUT2D eigenvalue weighted by Gasteiger charge is -2.02. The van der Waals surface area contributed by atoms with Crippen molar-refractivity contribution in [3.8, 4) is 17.2 Å². The summed E-state index contributed by atoms with van der Waals surface area (Å²) in [4.78, 5) is 19.2. The van der Waals surface area contributed by atoms with Crippen LogP contribution in [0.5, 0.6) is 5.75 Å². The van der Waals surface area contributed by atoms with Crippen molar-refractivity contribution < 1.29 is 14.4 Å². The van der Waals surface area contributed by atoms with Crippen LogP contribution in [0.2, 0.25) is 0 Å². The number of para-hydroxylation sites is 1. The molecule has 0 aliphatic heterocycles. The Morgan fingerprint density at radius 3 is 2.75 bits per heavy atom. The third-order valence-electron chi connectivity index (χ3n) is 4.24. The Kier molecular flexibility index (Phi) is 4.33. The zero-order valence-corrected chi connectivity index (χ0v) is 14.9. The Morgan fingerprint density at radius 1 is 1.14 bits per heavy atom. The zero-order chi connectivity index (χ0) is 19.7. The van der Waals surface area contributed by atoms with Crippen LogP contribution in [0.3, 0.4) is 0 Å². The van der Waals surface area contributed by atoms with E-state index in [1.807, 2.05) is 25.1 Å². The Balaban J connectivity index is 1.65. The summed E-state index contributed by atoms with van der Waals surface area (Å²) in [5.41, 5.74) is 3.65. The summed E-state index contributed by atoms with van der Waals surface area (Å²) >= 11 is 0. The molecule has 0 amide bonds. The highest BCUT2D eigenvalue weighted by Gasteiger charge is 2.13. The molecule has 0 spiro atoms. The van der Waals surface area contributed by atoms with Gasteiger partial charge in [-0.15, -0.1) is 0 Å². The van der Waals surface area contributed by atoms with Crippen molar-refractivity contribution >= 4 is 28.7 Å². The number of phenols is 1. The normalized spacial score (nSPS) is 11.3. The van der Waals surface area contributed by atoms with E-state index in [4.69, 9.17) is 4.42 Å². The molecule has 0 radical (unpaired) electrons. The molecule has 4 rings (SSSR count). The summed E-state index contributed by atoms with van der Waals surface area (Å²) in [6.07, 6.45) is 1.40. The van der Waals surface area contributed by atoms with Crippen molar-refractivity contribution in [3.05, 3.63) is 81.9 Å². The number of nitrogens with zero attached hydrogens (tertiary/aromatic N) is 3. The Hall–Kier alpha value is -4.00. The van der Waals surface area contributed by atoms with Crippen LogP contribution in [-0.4, -0.2) is 21.2 Å².